The summed E-state index contributed by atoms with van der Waals surface area (Å²) in [4.78, 5) is 20.7. The fourth-order valence-electron chi connectivity index (χ4n) is 20.8. The van der Waals surface area contributed by atoms with Gasteiger partial charge in [0.05, 0.1) is 118 Å². The Hall–Kier alpha value is -17.0. The number of pyridine rings is 3. The number of methoxy groups -OCH3 is 2. The van der Waals surface area contributed by atoms with Crippen LogP contribution in [0, 0.1) is 37.1 Å². The number of nitrogens with zero attached hydrogens (tertiary/aromatic N) is 27. The van der Waals surface area contributed by atoms with E-state index >= 15 is 0 Å². The van der Waals surface area contributed by atoms with Crippen LogP contribution in [-0.4, -0.2) is 221 Å². The van der Waals surface area contributed by atoms with Gasteiger partial charge in [0, 0.05) is 196 Å². The zero-order valence-electron chi connectivity index (χ0n) is 85.4. The summed E-state index contributed by atoms with van der Waals surface area (Å²) in [7, 11) is 5.08. The first-order valence-electron chi connectivity index (χ1n) is 51.5. The summed E-state index contributed by atoms with van der Waals surface area (Å²) in [6.07, 6.45) is 28.0. The Bertz CT molecular complexity index is 8650. The number of benzene rings is 9. The van der Waals surface area contributed by atoms with Gasteiger partial charge in [-0.1, -0.05) is 63.3 Å². The minimum atomic E-state index is -1.92. The number of piperidine rings is 4. The number of fused-ring (bicyclic) bond motifs is 6. The van der Waals surface area contributed by atoms with Gasteiger partial charge >= 0.3 is 0 Å². The second-order valence-electron chi connectivity index (χ2n) is 38.3. The number of nitrogens with one attached hydrogen (secondary N) is 4. The number of hydrogen-bond donors (Lipinski definition) is 4. The first-order chi connectivity index (χ1) is 74.2. The lowest BCUT2D eigenvalue weighted by atomic mass is 9.94. The standard InChI is InChI=1S/C30H29FN8O.C28H26FN9O.2C27H26FN7/c1-37-15-21-13-19(8-10-26(21)35-37)30-23-14-22(9-11-27(23)32-34-30)39-18-28(33-36-39)20-5-4-12-38(16-20)17-24-25(31)6-3-7-29(24)40-2;1-39-26-6-2-5-23(29)22(26)15-36-11-3-4-18(13-36)25-16-37(35-33-25)20-8-9-24-21(12-20)28(34-32-24)19-7-10-27-30-17-31-38(27)14-19;2*1-18-4-2-6-24(28)23(18)16-34-13-3-5-20(15-34)26-17-35(33-31-26)21-7-8-25-22(14-21)27(32-30-25)19-9-11-29-12-10-19/h3,6-11,13-15,18,20H,4-5,12,16-17H2,1-2H3,(H,32,34);2,5-10,12,14,16-18H,3-4,11,13,15H2,1H3,(H,32,34);2*2,4,6-12,14,17,20H,3,5,13,15-16H2,1H3,(H,30,32)/t20-;18-;2*20-/m1111/s1/i;;16D2;16D/t;;m;16?,20-. The van der Waals surface area contributed by atoms with Gasteiger partial charge in [-0.15, -0.1) is 20.4 Å². The molecule has 26 rings (SSSR count). The Morgan fingerprint density at radius 1 is 0.383 bits per heavy atom. The van der Waals surface area contributed by atoms with E-state index in [1.54, 1.807) is 101 Å². The molecule has 4 N–H and O–H groups in total. The fraction of sp³-hybridized carbons (Fsp3) is 0.259. The van der Waals surface area contributed by atoms with Crippen molar-refractivity contribution in [1.82, 2.24) is 155 Å². The third kappa shape index (κ3) is 20.4. The lowest BCUT2D eigenvalue weighted by molar-refractivity contribution is 0.194. The Balaban J connectivity index is 0.000000111. The molecule has 0 spiro atoms. The molecule has 1 unspecified atom stereocenters. The van der Waals surface area contributed by atoms with Gasteiger partial charge in [0.15, 0.2) is 5.65 Å². The number of H-pyrrole nitrogens is 4. The molecule has 0 bridgehead atoms. The van der Waals surface area contributed by atoms with Crippen LogP contribution in [0.4, 0.5) is 17.6 Å². The third-order valence-electron chi connectivity index (χ3n) is 28.6. The summed E-state index contributed by atoms with van der Waals surface area (Å²) in [5, 5.41) is 80.1. The maximum Gasteiger partial charge on any atom is 0.155 e. The Morgan fingerprint density at radius 2 is 0.765 bits per heavy atom. The second-order valence-corrected chi connectivity index (χ2v) is 38.3. The van der Waals surface area contributed by atoms with Crippen molar-refractivity contribution >= 4 is 60.2 Å². The number of aromatic amines is 4. The molecule has 33 nitrogen and oxygen atoms in total. The summed E-state index contributed by atoms with van der Waals surface area (Å²) in [6, 6.07) is 61.7. The lowest BCUT2D eigenvalue weighted by Crippen LogP contribution is -2.34. The van der Waals surface area contributed by atoms with Crippen LogP contribution in [0.5, 0.6) is 11.5 Å². The minimum Gasteiger partial charge on any atom is -0.496 e. The van der Waals surface area contributed by atoms with Crippen LogP contribution in [0.15, 0.2) is 268 Å². The van der Waals surface area contributed by atoms with Crippen molar-refractivity contribution in [1.29, 1.82) is 0 Å². The zero-order chi connectivity index (χ0) is 104. The highest BCUT2D eigenvalue weighted by atomic mass is 19.1. The van der Waals surface area contributed by atoms with Gasteiger partial charge in [0.1, 0.15) is 58.2 Å². The van der Waals surface area contributed by atoms with E-state index in [1.807, 2.05) is 179 Å². The molecule has 13 aromatic heterocycles. The summed E-state index contributed by atoms with van der Waals surface area (Å²) in [6.45, 7) is 7.76. The van der Waals surface area contributed by atoms with E-state index < -0.39 is 18.8 Å². The van der Waals surface area contributed by atoms with Gasteiger partial charge in [0.2, 0.25) is 0 Å². The van der Waals surface area contributed by atoms with Crippen LogP contribution in [0.25, 0.3) is 128 Å². The van der Waals surface area contributed by atoms with Crippen molar-refractivity contribution in [2.24, 2.45) is 7.05 Å². The molecular weight excluding hydrogens is 1890 g/mol. The van der Waals surface area contributed by atoms with Crippen molar-refractivity contribution in [3.63, 3.8) is 0 Å². The first kappa shape index (κ1) is 91.9. The number of aryl methyl sites for hydroxylation is 3. The molecule has 149 heavy (non-hydrogen) atoms. The number of likely N-dealkylation sites (tertiary alicyclic amines) is 4. The highest BCUT2D eigenvalue weighted by Crippen LogP contribution is 2.40. The van der Waals surface area contributed by atoms with Crippen molar-refractivity contribution in [3.05, 3.63) is 348 Å². The molecule has 0 amide bonds. The topological polar surface area (TPSA) is 343 Å². The fourth-order valence-corrected chi connectivity index (χ4v) is 20.8. The van der Waals surface area contributed by atoms with E-state index in [1.165, 1.54) is 30.6 Å². The first-order valence-corrected chi connectivity index (χ1v) is 49.9. The van der Waals surface area contributed by atoms with Gasteiger partial charge in [-0.05, 0) is 260 Å². The molecular formula is C112H107F4N31O2. The predicted molar refractivity (Wildman–Crippen MR) is 559 cm³/mol. The van der Waals surface area contributed by atoms with Crippen molar-refractivity contribution in [2.75, 3.05) is 66.6 Å². The highest BCUT2D eigenvalue weighted by molar-refractivity contribution is 5.98. The monoisotopic (exact) mass is 2000 g/mol. The molecule has 4 saturated heterocycles. The van der Waals surface area contributed by atoms with Gasteiger partial charge in [0.25, 0.3) is 0 Å². The molecule has 9 aromatic carbocycles. The third-order valence-corrected chi connectivity index (χ3v) is 28.6. The lowest BCUT2D eigenvalue weighted by Gasteiger charge is -2.32. The molecule has 4 fully saturated rings. The van der Waals surface area contributed by atoms with Crippen LogP contribution in [0.3, 0.4) is 0 Å². The molecule has 37 heteroatoms. The van der Waals surface area contributed by atoms with Gasteiger partial charge in [-0.2, -0.15) is 30.6 Å². The van der Waals surface area contributed by atoms with Gasteiger partial charge < -0.3 is 9.47 Å². The molecule has 0 radical (unpaired) electrons. The number of ether oxygens (including phenoxy) is 2. The smallest absolute Gasteiger partial charge is 0.155 e. The molecule has 17 heterocycles. The quantitative estimate of drug-likeness (QED) is 0.0458. The summed E-state index contributed by atoms with van der Waals surface area (Å²) in [5.74, 6) is 0.433. The molecule has 0 saturated carbocycles. The van der Waals surface area contributed by atoms with Crippen LogP contribution < -0.4 is 9.47 Å². The Kier molecular flexibility index (Phi) is 26.0. The number of halogens is 4. The maximum absolute atomic E-state index is 14.6. The number of rotatable bonds is 22. The van der Waals surface area contributed by atoms with Crippen LogP contribution in [0.2, 0.25) is 0 Å². The Morgan fingerprint density at radius 3 is 1.20 bits per heavy atom. The zero-order valence-corrected chi connectivity index (χ0v) is 82.4. The Labute approximate surface area is 857 Å². The van der Waals surface area contributed by atoms with E-state index in [-0.39, 0.29) is 46.7 Å². The van der Waals surface area contributed by atoms with Crippen LogP contribution >= 0.6 is 0 Å². The van der Waals surface area contributed by atoms with Crippen LogP contribution in [-0.2, 0) is 33.2 Å². The van der Waals surface area contributed by atoms with Gasteiger partial charge in [-0.3, -0.25) is 54.6 Å². The number of aromatic nitrogens is 27. The van der Waals surface area contributed by atoms with Crippen LogP contribution in [0.1, 0.15) is 135 Å². The predicted octanol–water partition coefficient (Wildman–Crippen LogP) is 19.7. The molecule has 750 valence electrons. The number of hydrogen-bond acceptors (Lipinski definition) is 23. The summed E-state index contributed by atoms with van der Waals surface area (Å²) in [5.41, 5.74) is 23.1. The molecule has 22 aromatic rings. The van der Waals surface area contributed by atoms with E-state index in [0.717, 1.165) is 240 Å². The van der Waals surface area contributed by atoms with Crippen molar-refractivity contribution < 1.29 is 31.1 Å². The molecule has 0 aliphatic carbocycles. The maximum atomic E-state index is 14.6. The highest BCUT2D eigenvalue weighted by Gasteiger charge is 2.32. The van der Waals surface area contributed by atoms with E-state index in [0.29, 0.717) is 66.5 Å². The second kappa shape index (κ2) is 42.2. The van der Waals surface area contributed by atoms with E-state index in [9.17, 15) is 17.6 Å². The minimum absolute atomic E-state index is 0.00492. The van der Waals surface area contributed by atoms with Crippen molar-refractivity contribution in [2.45, 2.75) is 115 Å². The largest absolute Gasteiger partial charge is 0.496 e. The normalized spacial score (nSPS) is 17.1. The summed E-state index contributed by atoms with van der Waals surface area (Å²) < 4.78 is 106. The van der Waals surface area contributed by atoms with Gasteiger partial charge in [-0.25, -0.2) is 45.8 Å². The molecule has 5 atom stereocenters. The summed E-state index contributed by atoms with van der Waals surface area (Å²) >= 11 is 0. The molecule has 4 aliphatic rings. The average molecular weight is 2000 g/mol. The van der Waals surface area contributed by atoms with Crippen molar-refractivity contribution in [3.8, 4) is 79.3 Å². The average Bonchev–Trinajstić information content (AvgIpc) is 1.50. The SMILES string of the molecule is COc1cccc(F)c1CN1CCC[C@@H](c2cn(-c3ccc4[nH]nc(-c5ccc6ncnn6c5)c4c3)nn2)C1.COc1cccc(F)c1CN1CCC[C@@H](c2cn(-c3ccc4[nH]nc(-c5ccc6nn(C)cc6c5)c4c3)nn2)C1.[2H]C([2H])(c1c(C)cccc1F)N1CCC[C@@H](c2cn(-c3ccc4[nH]nc(-c5ccncc5)c4c3)nn2)C1.[2H]C(c1c(C)cccc1F)N1CCC[C@@H](c2cn(-c3ccc4[nH]nc(-c5ccncc5)c4c3)nn2)C1. The van der Waals surface area contributed by atoms with E-state index in [4.69, 9.17) is 13.6 Å². The molecule has 4 aliphatic heterocycles. The van der Waals surface area contributed by atoms with E-state index in [2.05, 4.69) is 147 Å².